The lowest BCUT2D eigenvalue weighted by Gasteiger charge is -2.33. The zero-order valence-corrected chi connectivity index (χ0v) is 25.7. The summed E-state index contributed by atoms with van der Waals surface area (Å²) in [5.74, 6) is 2.07. The maximum absolute atomic E-state index is 13.9. The van der Waals surface area contributed by atoms with Crippen molar-refractivity contribution in [1.82, 2.24) is 24.4 Å². The predicted molar refractivity (Wildman–Crippen MR) is 162 cm³/mol. The molecule has 2 unspecified atom stereocenters. The number of rotatable bonds is 7. The SMILES string of the molecule is Cc1c(Cc2c(CN3CCCC34CCS(=O)C4)nc3c(N=CN(C)C)cc(N4CCOCC4)nn23)cccc1C(F)(F)F. The number of hydrogen-bond donors (Lipinski definition) is 0. The van der Waals surface area contributed by atoms with Crippen LogP contribution in [0.1, 0.15) is 47.3 Å². The zero-order valence-electron chi connectivity index (χ0n) is 24.9. The highest BCUT2D eigenvalue weighted by Crippen LogP contribution is 2.40. The molecule has 3 saturated heterocycles. The van der Waals surface area contributed by atoms with Crippen molar-refractivity contribution >= 4 is 34.3 Å². The number of halogens is 3. The van der Waals surface area contributed by atoms with Gasteiger partial charge in [0.25, 0.3) is 0 Å². The highest BCUT2D eigenvalue weighted by molar-refractivity contribution is 7.85. The minimum absolute atomic E-state index is 0.123. The van der Waals surface area contributed by atoms with Crippen LogP contribution in [0, 0.1) is 6.92 Å². The van der Waals surface area contributed by atoms with Gasteiger partial charge in [-0.3, -0.25) is 9.11 Å². The number of imidazole rings is 1. The van der Waals surface area contributed by atoms with Gasteiger partial charge in [0.1, 0.15) is 5.69 Å². The molecule has 3 aromatic rings. The van der Waals surface area contributed by atoms with Gasteiger partial charge in [-0.1, -0.05) is 12.1 Å². The van der Waals surface area contributed by atoms with Crippen molar-refractivity contribution in [3.8, 4) is 0 Å². The van der Waals surface area contributed by atoms with Crippen LogP contribution in [0.5, 0.6) is 0 Å². The lowest BCUT2D eigenvalue weighted by Crippen LogP contribution is -2.44. The third kappa shape index (κ3) is 6.03. The quantitative estimate of drug-likeness (QED) is 0.291. The maximum atomic E-state index is 13.9. The van der Waals surface area contributed by atoms with Crippen molar-refractivity contribution in [2.24, 2.45) is 4.99 Å². The fourth-order valence-corrected chi connectivity index (χ4v) is 8.41. The summed E-state index contributed by atoms with van der Waals surface area (Å²) in [7, 11) is 2.94. The number of alkyl halides is 3. The minimum Gasteiger partial charge on any atom is -0.378 e. The number of hydrogen-bond acceptors (Lipinski definition) is 7. The van der Waals surface area contributed by atoms with Crippen LogP contribution in [0.15, 0.2) is 29.3 Å². The Morgan fingerprint density at radius 3 is 2.67 bits per heavy atom. The molecule has 43 heavy (non-hydrogen) atoms. The summed E-state index contributed by atoms with van der Waals surface area (Å²) in [6.45, 7) is 5.42. The first-order valence-electron chi connectivity index (χ1n) is 14.7. The largest absolute Gasteiger partial charge is 0.416 e. The summed E-state index contributed by atoms with van der Waals surface area (Å²) in [6.07, 6.45) is 0.393. The van der Waals surface area contributed by atoms with Crippen LogP contribution >= 0.6 is 0 Å². The van der Waals surface area contributed by atoms with E-state index in [1.807, 2.05) is 25.1 Å². The van der Waals surface area contributed by atoms with Gasteiger partial charge >= 0.3 is 6.18 Å². The molecule has 0 amide bonds. The van der Waals surface area contributed by atoms with Crippen LogP contribution in [0.25, 0.3) is 5.65 Å². The molecule has 1 spiro atoms. The molecule has 1 aromatic carbocycles. The van der Waals surface area contributed by atoms with Crippen LogP contribution in [0.3, 0.4) is 0 Å². The second-order valence-corrected chi connectivity index (χ2v) is 13.6. The predicted octanol–water partition coefficient (Wildman–Crippen LogP) is 4.19. The second-order valence-electron chi connectivity index (χ2n) is 12.0. The Morgan fingerprint density at radius 2 is 1.98 bits per heavy atom. The number of ether oxygens (including phenoxy) is 1. The summed E-state index contributed by atoms with van der Waals surface area (Å²) in [5.41, 5.74) is 2.74. The molecule has 6 rings (SSSR count). The van der Waals surface area contributed by atoms with Crippen molar-refractivity contribution < 1.29 is 22.1 Å². The van der Waals surface area contributed by atoms with E-state index in [9.17, 15) is 17.4 Å². The summed E-state index contributed by atoms with van der Waals surface area (Å²) in [5, 5.41) is 5.03. The molecule has 2 atom stereocenters. The first-order chi connectivity index (χ1) is 20.5. The fourth-order valence-electron chi connectivity index (χ4n) is 6.58. The van der Waals surface area contributed by atoms with Gasteiger partial charge in [0.15, 0.2) is 11.5 Å². The number of anilines is 1. The summed E-state index contributed by atoms with van der Waals surface area (Å²) in [6, 6.07) is 6.28. The third-order valence-corrected chi connectivity index (χ3v) is 10.4. The van der Waals surface area contributed by atoms with Gasteiger partial charge in [0, 0.05) is 74.1 Å². The molecule has 0 saturated carbocycles. The zero-order chi connectivity index (χ0) is 30.4. The number of aliphatic imine (C=N–C) groups is 1. The van der Waals surface area contributed by atoms with E-state index in [1.54, 1.807) is 16.9 Å². The lowest BCUT2D eigenvalue weighted by molar-refractivity contribution is -0.138. The molecule has 9 nitrogen and oxygen atoms in total. The number of aromatic nitrogens is 3. The van der Waals surface area contributed by atoms with Gasteiger partial charge in [-0.15, -0.1) is 5.10 Å². The number of likely N-dealkylation sites (tertiary alicyclic amines) is 1. The van der Waals surface area contributed by atoms with Gasteiger partial charge in [0.2, 0.25) is 0 Å². The number of nitrogens with zero attached hydrogens (tertiary/aromatic N) is 7. The monoisotopic (exact) mass is 617 g/mol. The summed E-state index contributed by atoms with van der Waals surface area (Å²) >= 11 is 0. The Bertz CT molecular complexity index is 1550. The van der Waals surface area contributed by atoms with Crippen molar-refractivity contribution in [3.63, 3.8) is 0 Å². The molecule has 0 N–H and O–H groups in total. The van der Waals surface area contributed by atoms with Crippen LogP contribution in [-0.4, -0.2) is 98.9 Å². The van der Waals surface area contributed by atoms with Crippen LogP contribution in [0.4, 0.5) is 24.7 Å². The summed E-state index contributed by atoms with van der Waals surface area (Å²) < 4.78 is 61.5. The summed E-state index contributed by atoms with van der Waals surface area (Å²) in [4.78, 5) is 16.2. The molecule has 13 heteroatoms. The van der Waals surface area contributed by atoms with Gasteiger partial charge in [-0.2, -0.15) is 13.2 Å². The second kappa shape index (κ2) is 11.8. The highest BCUT2D eigenvalue weighted by atomic mass is 32.2. The molecule has 2 aromatic heterocycles. The molecule has 3 aliphatic rings. The molecule has 232 valence electrons. The first kappa shape index (κ1) is 30.0. The first-order valence-corrected chi connectivity index (χ1v) is 16.2. The van der Waals surface area contributed by atoms with E-state index in [-0.39, 0.29) is 17.5 Å². The smallest absolute Gasteiger partial charge is 0.378 e. The van der Waals surface area contributed by atoms with Crippen molar-refractivity contribution in [3.05, 3.63) is 52.3 Å². The number of benzene rings is 1. The Kier molecular flexibility index (Phi) is 8.24. The normalized spacial score (nSPS) is 23.4. The van der Waals surface area contributed by atoms with E-state index >= 15 is 0 Å². The van der Waals surface area contributed by atoms with Crippen LogP contribution in [-0.2, 0) is 34.7 Å². The number of fused-ring (bicyclic) bond motifs is 1. The lowest BCUT2D eigenvalue weighted by atomic mass is 9.95. The Labute approximate surface area is 252 Å². The average Bonchev–Trinajstić information content (AvgIpc) is 3.65. The molecule has 0 aliphatic carbocycles. The van der Waals surface area contributed by atoms with E-state index in [0.717, 1.165) is 49.1 Å². The molecular formula is C30H38F3N7O2S. The molecule has 0 bridgehead atoms. The van der Waals surface area contributed by atoms with Gasteiger partial charge in [0.05, 0.1) is 36.5 Å². The van der Waals surface area contributed by atoms with Gasteiger partial charge < -0.3 is 14.5 Å². The molecular weight excluding hydrogens is 579 g/mol. The van der Waals surface area contributed by atoms with Crippen molar-refractivity contribution in [1.29, 1.82) is 0 Å². The average molecular weight is 618 g/mol. The molecule has 0 radical (unpaired) electrons. The Balaban J connectivity index is 1.51. The van der Waals surface area contributed by atoms with E-state index in [2.05, 4.69) is 9.80 Å². The topological polar surface area (TPSA) is 78.6 Å². The van der Waals surface area contributed by atoms with Gasteiger partial charge in [-0.05, 0) is 49.9 Å². The van der Waals surface area contributed by atoms with E-state index in [4.69, 9.17) is 19.8 Å². The molecule has 3 fully saturated rings. The third-order valence-electron chi connectivity index (χ3n) is 8.91. The fraction of sp³-hybridized carbons (Fsp3) is 0.567. The minimum atomic E-state index is -4.45. The Morgan fingerprint density at radius 1 is 1.19 bits per heavy atom. The van der Waals surface area contributed by atoms with Crippen LogP contribution < -0.4 is 4.90 Å². The molecule has 5 heterocycles. The Hall–Kier alpha value is -3.03. The maximum Gasteiger partial charge on any atom is 0.416 e. The highest BCUT2D eigenvalue weighted by Gasteiger charge is 2.46. The molecule has 3 aliphatic heterocycles. The van der Waals surface area contributed by atoms with Gasteiger partial charge in [-0.25, -0.2) is 14.5 Å². The van der Waals surface area contributed by atoms with Crippen molar-refractivity contribution in [2.45, 2.75) is 50.9 Å². The van der Waals surface area contributed by atoms with Crippen molar-refractivity contribution in [2.75, 3.05) is 63.3 Å². The van der Waals surface area contributed by atoms with Crippen LogP contribution in [0.2, 0.25) is 0 Å². The number of morpholine rings is 1. The standard InChI is InChI=1S/C30H38F3N7O2S/c1-21-22(6-4-7-23(21)30(31,32)33)16-26-25(18-39-10-5-8-29(39)9-15-43(41)19-29)35-28-24(34-20-37(2)3)17-27(36-40(26)28)38-11-13-42-14-12-38/h4,6-7,17,20H,5,8-16,18-19H2,1-3H3. The van der Waals surface area contributed by atoms with E-state index in [1.165, 1.54) is 13.0 Å². The van der Waals surface area contributed by atoms with E-state index in [0.29, 0.717) is 61.3 Å². The van der Waals surface area contributed by atoms with E-state index < -0.39 is 22.5 Å².